The predicted molar refractivity (Wildman–Crippen MR) is 57.3 cm³/mol. The van der Waals surface area contributed by atoms with E-state index in [9.17, 15) is 9.59 Å². The third kappa shape index (κ3) is 3.67. The van der Waals surface area contributed by atoms with Crippen LogP contribution >= 0.6 is 0 Å². The number of unbranched alkanes of at least 4 members (excludes halogenated alkanes) is 1. The second kappa shape index (κ2) is 5.46. The van der Waals surface area contributed by atoms with E-state index in [1.54, 1.807) is 13.8 Å². The van der Waals surface area contributed by atoms with Gasteiger partial charge in [-0.2, -0.15) is 0 Å². The molecule has 6 nitrogen and oxygen atoms in total. The van der Waals surface area contributed by atoms with E-state index in [0.717, 1.165) is 12.8 Å². The van der Waals surface area contributed by atoms with Crippen molar-refractivity contribution in [1.82, 2.24) is 0 Å². The number of hydrogen-bond acceptors (Lipinski definition) is 5. The molecule has 0 saturated carbocycles. The highest BCUT2D eigenvalue weighted by atomic mass is 16.8. The van der Waals surface area contributed by atoms with Gasteiger partial charge in [0.2, 0.25) is 0 Å². The largest absolute Gasteiger partial charge is 0.479 e. The van der Waals surface area contributed by atoms with Crippen LogP contribution in [0.4, 0.5) is 0 Å². The van der Waals surface area contributed by atoms with Gasteiger partial charge in [-0.05, 0) is 20.3 Å². The average molecular weight is 246 g/mol. The Balaban J connectivity index is 2.61. The molecule has 17 heavy (non-hydrogen) atoms. The Morgan fingerprint density at radius 3 is 2.41 bits per heavy atom. The lowest BCUT2D eigenvalue weighted by Gasteiger charge is -2.16. The molecule has 0 bridgehead atoms. The molecule has 0 aromatic carbocycles. The summed E-state index contributed by atoms with van der Waals surface area (Å²) in [5, 5.41) is 8.92. The minimum atomic E-state index is -1.31. The molecule has 0 aliphatic carbocycles. The summed E-state index contributed by atoms with van der Waals surface area (Å²) in [6.07, 6.45) is -0.873. The maximum atomic E-state index is 11.6. The van der Waals surface area contributed by atoms with E-state index < -0.39 is 29.9 Å². The van der Waals surface area contributed by atoms with Crippen molar-refractivity contribution in [2.24, 2.45) is 0 Å². The highest BCUT2D eigenvalue weighted by molar-refractivity contribution is 5.85. The molecule has 1 N–H and O–H groups in total. The van der Waals surface area contributed by atoms with Gasteiger partial charge in [0, 0.05) is 0 Å². The van der Waals surface area contributed by atoms with E-state index in [1.165, 1.54) is 0 Å². The summed E-state index contributed by atoms with van der Waals surface area (Å²) in [5.41, 5.74) is 0. The van der Waals surface area contributed by atoms with Crippen LogP contribution in [-0.2, 0) is 23.8 Å². The maximum absolute atomic E-state index is 11.6. The molecule has 2 atom stereocenters. The van der Waals surface area contributed by atoms with Crippen LogP contribution in [0.5, 0.6) is 0 Å². The van der Waals surface area contributed by atoms with E-state index in [4.69, 9.17) is 19.3 Å². The van der Waals surface area contributed by atoms with E-state index in [0.29, 0.717) is 0 Å². The zero-order valence-corrected chi connectivity index (χ0v) is 10.3. The number of aliphatic carboxylic acids is 1. The fraction of sp³-hybridized carbons (Fsp3) is 0.818. The Kier molecular flexibility index (Phi) is 4.47. The first-order valence-corrected chi connectivity index (χ1v) is 5.62. The predicted octanol–water partition coefficient (Wildman–Crippen LogP) is 0.934. The fourth-order valence-corrected chi connectivity index (χ4v) is 1.51. The van der Waals surface area contributed by atoms with Gasteiger partial charge in [0.25, 0.3) is 0 Å². The van der Waals surface area contributed by atoms with Crippen molar-refractivity contribution >= 4 is 11.9 Å². The van der Waals surface area contributed by atoms with Gasteiger partial charge in [-0.25, -0.2) is 9.59 Å². The summed E-state index contributed by atoms with van der Waals surface area (Å²) in [6.45, 7) is 5.35. The van der Waals surface area contributed by atoms with E-state index in [-0.39, 0.29) is 6.61 Å². The lowest BCUT2D eigenvalue weighted by molar-refractivity contribution is -0.171. The topological polar surface area (TPSA) is 82.1 Å². The van der Waals surface area contributed by atoms with Gasteiger partial charge in [0.05, 0.1) is 6.61 Å². The van der Waals surface area contributed by atoms with Gasteiger partial charge in [-0.15, -0.1) is 0 Å². The summed E-state index contributed by atoms with van der Waals surface area (Å²) in [6, 6.07) is 0. The smallest absolute Gasteiger partial charge is 0.338 e. The molecule has 0 amide bonds. The highest BCUT2D eigenvalue weighted by Crippen LogP contribution is 2.29. The maximum Gasteiger partial charge on any atom is 0.338 e. The van der Waals surface area contributed by atoms with E-state index >= 15 is 0 Å². The quantitative estimate of drug-likeness (QED) is 0.574. The van der Waals surface area contributed by atoms with Crippen molar-refractivity contribution in [3.05, 3.63) is 0 Å². The van der Waals surface area contributed by atoms with Gasteiger partial charge in [-0.1, -0.05) is 13.3 Å². The Hall–Kier alpha value is -1.14. The first kappa shape index (κ1) is 13.9. The van der Waals surface area contributed by atoms with Crippen LogP contribution in [-0.4, -0.2) is 41.6 Å². The van der Waals surface area contributed by atoms with Crippen LogP contribution in [0.15, 0.2) is 0 Å². The Bertz CT molecular complexity index is 298. The highest BCUT2D eigenvalue weighted by Gasteiger charge is 2.49. The second-order valence-corrected chi connectivity index (χ2v) is 4.34. The van der Waals surface area contributed by atoms with Crippen LogP contribution in [0, 0.1) is 0 Å². The Labute approximate surface area is 99.8 Å². The zero-order chi connectivity index (χ0) is 13.1. The molecular weight excluding hydrogens is 228 g/mol. The number of carbonyl (C=O) groups is 2. The standard InChI is InChI=1S/C11H18O6/c1-4-5-6-15-10(14)8-7(9(12)13)16-11(2,3)17-8/h7-8H,4-6H2,1-3H3,(H,12,13)/t7-,8-/m1/s1. The molecule has 6 heteroatoms. The number of rotatable bonds is 5. The van der Waals surface area contributed by atoms with Gasteiger partial charge in [0.1, 0.15) is 0 Å². The normalized spacial score (nSPS) is 26.8. The van der Waals surface area contributed by atoms with Crippen LogP contribution in [0.1, 0.15) is 33.6 Å². The first-order valence-electron chi connectivity index (χ1n) is 5.62. The van der Waals surface area contributed by atoms with Crippen molar-refractivity contribution < 1.29 is 28.9 Å². The number of carboxylic acids is 1. The first-order chi connectivity index (χ1) is 7.87. The van der Waals surface area contributed by atoms with Crippen LogP contribution < -0.4 is 0 Å². The fourth-order valence-electron chi connectivity index (χ4n) is 1.51. The average Bonchev–Trinajstić information content (AvgIpc) is 2.55. The van der Waals surface area contributed by atoms with Crippen LogP contribution in [0.2, 0.25) is 0 Å². The molecule has 0 aromatic heterocycles. The molecule has 0 radical (unpaired) electrons. The minimum absolute atomic E-state index is 0.266. The van der Waals surface area contributed by atoms with Gasteiger partial charge in [0.15, 0.2) is 18.0 Å². The van der Waals surface area contributed by atoms with Gasteiger partial charge in [-0.3, -0.25) is 0 Å². The summed E-state index contributed by atoms with van der Waals surface area (Å²) < 4.78 is 15.3. The third-order valence-electron chi connectivity index (χ3n) is 2.31. The van der Waals surface area contributed by atoms with Gasteiger partial charge >= 0.3 is 11.9 Å². The van der Waals surface area contributed by atoms with E-state index in [2.05, 4.69) is 0 Å². The molecule has 1 saturated heterocycles. The Morgan fingerprint density at radius 2 is 1.88 bits per heavy atom. The number of carboxylic acid groups (broad SMARTS) is 1. The summed E-state index contributed by atoms with van der Waals surface area (Å²) in [5.74, 6) is -3.00. The SMILES string of the molecule is CCCCOC(=O)[C@@H]1OC(C)(C)O[C@H]1C(=O)O. The Morgan fingerprint density at radius 1 is 1.29 bits per heavy atom. The number of ether oxygens (including phenoxy) is 3. The monoisotopic (exact) mass is 246 g/mol. The van der Waals surface area contributed by atoms with Crippen LogP contribution in [0.3, 0.4) is 0 Å². The molecule has 1 fully saturated rings. The molecular formula is C11H18O6. The van der Waals surface area contributed by atoms with Crippen molar-refractivity contribution in [3.63, 3.8) is 0 Å². The molecule has 1 heterocycles. The molecule has 1 aliphatic heterocycles. The summed E-state index contributed by atoms with van der Waals surface area (Å²) >= 11 is 0. The molecule has 1 aliphatic rings. The number of carbonyl (C=O) groups excluding carboxylic acids is 1. The van der Waals surface area contributed by atoms with Gasteiger partial charge < -0.3 is 19.3 Å². The number of esters is 1. The summed E-state index contributed by atoms with van der Waals surface area (Å²) in [7, 11) is 0. The van der Waals surface area contributed by atoms with Crippen molar-refractivity contribution in [1.29, 1.82) is 0 Å². The second-order valence-electron chi connectivity index (χ2n) is 4.34. The molecule has 98 valence electrons. The zero-order valence-electron chi connectivity index (χ0n) is 10.3. The lowest BCUT2D eigenvalue weighted by atomic mass is 10.2. The van der Waals surface area contributed by atoms with Crippen LogP contribution in [0.25, 0.3) is 0 Å². The van der Waals surface area contributed by atoms with Crippen molar-refractivity contribution in [2.75, 3.05) is 6.61 Å². The molecule has 1 rings (SSSR count). The summed E-state index contributed by atoms with van der Waals surface area (Å²) in [4.78, 5) is 22.6. The molecule has 0 aromatic rings. The molecule has 0 spiro atoms. The van der Waals surface area contributed by atoms with E-state index in [1.807, 2.05) is 6.92 Å². The van der Waals surface area contributed by atoms with Crippen molar-refractivity contribution in [2.45, 2.75) is 51.6 Å². The third-order valence-corrected chi connectivity index (χ3v) is 2.31. The number of hydrogen-bond donors (Lipinski definition) is 1. The minimum Gasteiger partial charge on any atom is -0.479 e. The van der Waals surface area contributed by atoms with Crippen molar-refractivity contribution in [3.8, 4) is 0 Å². The molecule has 0 unspecified atom stereocenters. The lowest BCUT2D eigenvalue weighted by Crippen LogP contribution is -2.38.